The second-order valence-electron chi connectivity index (χ2n) is 8.38. The van der Waals surface area contributed by atoms with Crippen molar-refractivity contribution in [1.82, 2.24) is 25.1 Å². The number of ether oxygens (including phenoxy) is 1. The number of nitriles is 1. The van der Waals surface area contributed by atoms with Crippen LogP contribution in [-0.2, 0) is 6.54 Å². The van der Waals surface area contributed by atoms with E-state index < -0.39 is 0 Å². The number of nitrogens with zero attached hydrogens (tertiary/aromatic N) is 6. The van der Waals surface area contributed by atoms with E-state index in [1.165, 1.54) is 0 Å². The molecule has 0 amide bonds. The molecule has 0 unspecified atom stereocenters. The maximum absolute atomic E-state index is 9.12. The zero-order chi connectivity index (χ0) is 21.9. The Bertz CT molecular complexity index is 1260. The minimum Gasteiger partial charge on any atom is -0.497 e. The zero-order valence-electron chi connectivity index (χ0n) is 18.2. The zero-order valence-corrected chi connectivity index (χ0v) is 18.2. The van der Waals surface area contributed by atoms with Crippen LogP contribution in [0.1, 0.15) is 42.9 Å². The number of hydrogen-bond donors (Lipinski definition) is 0. The fraction of sp³-hybridized carbons (Fsp3) is 0.417. The Kier molecular flexibility index (Phi) is 5.73. The van der Waals surface area contributed by atoms with Crippen LogP contribution in [0.25, 0.3) is 22.0 Å². The van der Waals surface area contributed by atoms with Gasteiger partial charge in [0.2, 0.25) is 0 Å². The summed E-state index contributed by atoms with van der Waals surface area (Å²) in [6, 6.07) is 13.6. The third kappa shape index (κ3) is 4.04. The highest BCUT2D eigenvalue weighted by atomic mass is 16.5. The van der Waals surface area contributed by atoms with Gasteiger partial charge in [0.25, 0.3) is 0 Å². The van der Waals surface area contributed by atoms with E-state index in [-0.39, 0.29) is 0 Å². The van der Waals surface area contributed by atoms with Crippen LogP contribution in [0.5, 0.6) is 5.75 Å². The molecule has 164 valence electrons. The van der Waals surface area contributed by atoms with Crippen LogP contribution in [0.3, 0.4) is 0 Å². The minimum atomic E-state index is 0.441. The average molecular weight is 431 g/mol. The lowest BCUT2D eigenvalue weighted by Gasteiger charge is -2.31. The lowest BCUT2D eigenvalue weighted by molar-refractivity contribution is 0.204. The van der Waals surface area contributed by atoms with Crippen LogP contribution in [0.15, 0.2) is 40.9 Å². The quantitative estimate of drug-likeness (QED) is 0.407. The molecule has 2 aromatic heterocycles. The van der Waals surface area contributed by atoms with E-state index in [2.05, 4.69) is 32.5 Å². The van der Waals surface area contributed by atoms with Crippen molar-refractivity contribution >= 4 is 22.0 Å². The number of benzene rings is 2. The van der Waals surface area contributed by atoms with Gasteiger partial charge in [0.05, 0.1) is 30.0 Å². The van der Waals surface area contributed by atoms with E-state index in [0.717, 1.165) is 85.3 Å². The summed E-state index contributed by atoms with van der Waals surface area (Å²) in [5, 5.41) is 23.0. The van der Waals surface area contributed by atoms with Gasteiger partial charge in [-0.2, -0.15) is 5.26 Å². The Labute approximate surface area is 186 Å². The largest absolute Gasteiger partial charge is 0.497 e. The Morgan fingerprint density at radius 3 is 2.78 bits per heavy atom. The third-order valence-electron chi connectivity index (χ3n) is 6.42. The summed E-state index contributed by atoms with van der Waals surface area (Å²) < 4.78 is 12.7. The van der Waals surface area contributed by atoms with Crippen LogP contribution < -0.4 is 4.74 Å². The van der Waals surface area contributed by atoms with Gasteiger partial charge in [0, 0.05) is 23.9 Å². The Hall–Kier alpha value is -3.44. The summed E-state index contributed by atoms with van der Waals surface area (Å²) in [6.45, 7) is 4.05. The Morgan fingerprint density at radius 1 is 1.12 bits per heavy atom. The average Bonchev–Trinajstić information content (AvgIpc) is 3.45. The summed E-state index contributed by atoms with van der Waals surface area (Å²) in [5.74, 6) is 1.23. The van der Waals surface area contributed by atoms with Crippen molar-refractivity contribution in [2.24, 2.45) is 0 Å². The van der Waals surface area contributed by atoms with Crippen molar-refractivity contribution in [3.63, 3.8) is 0 Å². The second kappa shape index (κ2) is 8.97. The molecule has 1 aliphatic heterocycles. The summed E-state index contributed by atoms with van der Waals surface area (Å²) in [5.41, 5.74) is 4.29. The molecule has 1 aliphatic rings. The van der Waals surface area contributed by atoms with Gasteiger partial charge in [0.1, 0.15) is 11.3 Å². The maximum Gasteiger partial charge on any atom is 0.170 e. The number of aromatic nitrogens is 4. The molecule has 0 saturated carbocycles. The molecule has 4 aromatic rings. The summed E-state index contributed by atoms with van der Waals surface area (Å²) >= 11 is 0. The first-order chi connectivity index (χ1) is 15.7. The van der Waals surface area contributed by atoms with Gasteiger partial charge in [-0.1, -0.05) is 10.4 Å². The Morgan fingerprint density at radius 2 is 1.97 bits per heavy atom. The van der Waals surface area contributed by atoms with Gasteiger partial charge in [-0.3, -0.25) is 0 Å². The normalized spacial score (nSPS) is 15.4. The highest BCUT2D eigenvalue weighted by Crippen LogP contribution is 2.33. The number of hydrogen-bond acceptors (Lipinski definition) is 7. The van der Waals surface area contributed by atoms with Crippen LogP contribution in [0, 0.1) is 11.3 Å². The highest BCUT2D eigenvalue weighted by molar-refractivity contribution is 5.81. The van der Waals surface area contributed by atoms with Gasteiger partial charge < -0.3 is 14.2 Å². The van der Waals surface area contributed by atoms with Gasteiger partial charge in [0.15, 0.2) is 5.58 Å². The standard InChI is InChI=1S/C24H26N6O2/c1-31-19-5-6-20-23(15-19)32-27-24(20)18-8-12-29(13-9-18)10-2-3-11-30-22-14-17(16-25)4-7-21(22)26-28-30/h4-7,14-15,18H,2-3,8-13H2,1H3. The highest BCUT2D eigenvalue weighted by Gasteiger charge is 2.25. The van der Waals surface area contributed by atoms with Crippen molar-refractivity contribution < 1.29 is 9.26 Å². The molecular weight excluding hydrogens is 404 g/mol. The van der Waals surface area contributed by atoms with Gasteiger partial charge >= 0.3 is 0 Å². The smallest absolute Gasteiger partial charge is 0.170 e. The van der Waals surface area contributed by atoms with Crippen LogP contribution in [-0.4, -0.2) is 51.8 Å². The predicted octanol–water partition coefficient (Wildman–Crippen LogP) is 4.11. The molecule has 1 fully saturated rings. The van der Waals surface area contributed by atoms with E-state index in [0.29, 0.717) is 11.5 Å². The van der Waals surface area contributed by atoms with Crippen LogP contribution in [0.4, 0.5) is 0 Å². The molecule has 0 N–H and O–H groups in total. The first-order valence-electron chi connectivity index (χ1n) is 11.1. The Balaban J connectivity index is 1.11. The van der Waals surface area contributed by atoms with E-state index in [4.69, 9.17) is 14.5 Å². The molecule has 0 aliphatic carbocycles. The maximum atomic E-state index is 9.12. The summed E-state index contributed by atoms with van der Waals surface area (Å²) in [7, 11) is 1.66. The van der Waals surface area contributed by atoms with Crippen molar-refractivity contribution in [2.75, 3.05) is 26.7 Å². The lowest BCUT2D eigenvalue weighted by atomic mass is 9.91. The number of fused-ring (bicyclic) bond motifs is 2. The minimum absolute atomic E-state index is 0.441. The van der Waals surface area contributed by atoms with Gasteiger partial charge in [-0.25, -0.2) is 4.68 Å². The molecule has 8 heteroatoms. The summed E-state index contributed by atoms with van der Waals surface area (Å²) in [6.07, 6.45) is 4.33. The SMILES string of the molecule is COc1ccc2c(C3CCN(CCCCn4nnc5ccc(C#N)cc54)CC3)noc2c1. The number of rotatable bonds is 7. The van der Waals surface area contributed by atoms with Crippen molar-refractivity contribution in [1.29, 1.82) is 5.26 Å². The number of piperidine rings is 1. The second-order valence-corrected chi connectivity index (χ2v) is 8.38. The predicted molar refractivity (Wildman–Crippen MR) is 120 cm³/mol. The molecule has 0 spiro atoms. The van der Waals surface area contributed by atoms with E-state index in [1.54, 1.807) is 13.2 Å². The fourth-order valence-corrected chi connectivity index (χ4v) is 4.59. The molecule has 3 heterocycles. The summed E-state index contributed by atoms with van der Waals surface area (Å²) in [4.78, 5) is 2.54. The van der Waals surface area contributed by atoms with E-state index >= 15 is 0 Å². The van der Waals surface area contributed by atoms with E-state index in [1.807, 2.05) is 28.9 Å². The monoisotopic (exact) mass is 430 g/mol. The first-order valence-corrected chi connectivity index (χ1v) is 11.1. The molecule has 8 nitrogen and oxygen atoms in total. The molecule has 0 radical (unpaired) electrons. The number of aryl methyl sites for hydroxylation is 1. The third-order valence-corrected chi connectivity index (χ3v) is 6.42. The number of methoxy groups -OCH3 is 1. The van der Waals surface area contributed by atoms with E-state index in [9.17, 15) is 0 Å². The van der Waals surface area contributed by atoms with Crippen molar-refractivity contribution in [3.05, 3.63) is 47.7 Å². The molecule has 0 bridgehead atoms. The van der Waals surface area contributed by atoms with Crippen molar-refractivity contribution in [2.45, 2.75) is 38.1 Å². The lowest BCUT2D eigenvalue weighted by Crippen LogP contribution is -2.33. The van der Waals surface area contributed by atoms with Crippen LogP contribution >= 0.6 is 0 Å². The molecular formula is C24H26N6O2. The van der Waals surface area contributed by atoms with Crippen molar-refractivity contribution in [3.8, 4) is 11.8 Å². The molecule has 5 rings (SSSR count). The van der Waals surface area contributed by atoms with Crippen LogP contribution in [0.2, 0.25) is 0 Å². The molecule has 32 heavy (non-hydrogen) atoms. The molecule has 0 atom stereocenters. The molecule has 2 aromatic carbocycles. The first kappa shape index (κ1) is 20.5. The number of unbranched alkanes of at least 4 members (excludes halogenated alkanes) is 1. The molecule has 1 saturated heterocycles. The topological polar surface area (TPSA) is 93.0 Å². The fourth-order valence-electron chi connectivity index (χ4n) is 4.59. The van der Waals surface area contributed by atoms with Gasteiger partial charge in [-0.15, -0.1) is 5.10 Å². The number of likely N-dealkylation sites (tertiary alicyclic amines) is 1. The van der Waals surface area contributed by atoms with Gasteiger partial charge in [-0.05, 0) is 75.6 Å².